The van der Waals surface area contributed by atoms with Gasteiger partial charge in [0.1, 0.15) is 11.9 Å². The average molecular weight is 214 g/mol. The molecule has 16 heavy (non-hydrogen) atoms. The van der Waals surface area contributed by atoms with E-state index in [9.17, 15) is 0 Å². The zero-order valence-electron chi connectivity index (χ0n) is 9.51. The maximum absolute atomic E-state index is 8.97. The molecule has 0 fully saturated rings. The molecule has 1 aromatic heterocycles. The molecule has 1 aromatic rings. The number of anilines is 1. The number of aromatic nitrogens is 1. The molecule has 0 spiro atoms. The lowest BCUT2D eigenvalue weighted by Gasteiger charge is -2.23. The van der Waals surface area contributed by atoms with Gasteiger partial charge in [-0.15, -0.1) is 0 Å². The summed E-state index contributed by atoms with van der Waals surface area (Å²) in [4.78, 5) is 6.15. The van der Waals surface area contributed by atoms with Gasteiger partial charge in [0.2, 0.25) is 0 Å². The van der Waals surface area contributed by atoms with Gasteiger partial charge in [0.15, 0.2) is 0 Å². The molecule has 0 bridgehead atoms. The third-order valence-corrected chi connectivity index (χ3v) is 2.30. The van der Waals surface area contributed by atoms with E-state index in [1.807, 2.05) is 18.7 Å². The lowest BCUT2D eigenvalue weighted by atomic mass is 10.2. The van der Waals surface area contributed by atoms with Crippen molar-refractivity contribution >= 4 is 5.82 Å². The van der Waals surface area contributed by atoms with Crippen LogP contribution in [0.4, 0.5) is 5.82 Å². The third-order valence-electron chi connectivity index (χ3n) is 2.30. The molecule has 0 radical (unpaired) electrons. The second kappa shape index (κ2) is 5.72. The smallest absolute Gasteiger partial charge is 0.146 e. The van der Waals surface area contributed by atoms with Crippen LogP contribution in [-0.2, 0) is 0 Å². The highest BCUT2D eigenvalue weighted by Crippen LogP contribution is 2.16. The Morgan fingerprint density at radius 1 is 1.50 bits per heavy atom. The van der Waals surface area contributed by atoms with E-state index in [-0.39, 0.29) is 5.92 Å². The highest BCUT2D eigenvalue weighted by atomic mass is 15.2. The fraction of sp³-hybridized carbons (Fsp3) is 0.417. The van der Waals surface area contributed by atoms with E-state index in [4.69, 9.17) is 10.5 Å². The van der Waals surface area contributed by atoms with Crippen LogP contribution in [0.5, 0.6) is 0 Å². The number of rotatable bonds is 4. The minimum Gasteiger partial charge on any atom is -0.354 e. The van der Waals surface area contributed by atoms with Crippen molar-refractivity contribution in [1.29, 1.82) is 10.5 Å². The minimum absolute atomic E-state index is 0.0755. The fourth-order valence-electron chi connectivity index (χ4n) is 1.47. The molecular weight excluding hydrogens is 200 g/mol. The fourth-order valence-corrected chi connectivity index (χ4v) is 1.47. The predicted octanol–water partition coefficient (Wildman–Crippen LogP) is 1.94. The van der Waals surface area contributed by atoms with Crippen LogP contribution in [0.1, 0.15) is 19.4 Å². The summed E-state index contributed by atoms with van der Waals surface area (Å²) < 4.78 is 0. The van der Waals surface area contributed by atoms with Gasteiger partial charge >= 0.3 is 0 Å². The van der Waals surface area contributed by atoms with Crippen LogP contribution in [0, 0.1) is 28.6 Å². The summed E-state index contributed by atoms with van der Waals surface area (Å²) in [6.45, 7) is 5.17. The summed E-state index contributed by atoms with van der Waals surface area (Å²) in [5, 5.41) is 17.8. The van der Waals surface area contributed by atoms with Crippen molar-refractivity contribution < 1.29 is 0 Å². The zero-order chi connectivity index (χ0) is 12.0. The highest BCUT2D eigenvalue weighted by Gasteiger charge is 2.13. The molecule has 0 aliphatic heterocycles. The summed E-state index contributed by atoms with van der Waals surface area (Å²) in [6, 6.07) is 7.78. The topological polar surface area (TPSA) is 63.7 Å². The Labute approximate surface area is 95.8 Å². The van der Waals surface area contributed by atoms with Gasteiger partial charge in [-0.2, -0.15) is 10.5 Å². The van der Waals surface area contributed by atoms with Crippen LogP contribution < -0.4 is 4.90 Å². The molecule has 0 aliphatic carbocycles. The van der Waals surface area contributed by atoms with Crippen LogP contribution >= 0.6 is 0 Å². The molecule has 4 nitrogen and oxygen atoms in total. The maximum atomic E-state index is 8.97. The van der Waals surface area contributed by atoms with E-state index < -0.39 is 0 Å². The molecule has 1 heterocycles. The number of nitriles is 2. The van der Waals surface area contributed by atoms with Crippen LogP contribution in [0.25, 0.3) is 0 Å². The lowest BCUT2D eigenvalue weighted by Crippen LogP contribution is -2.29. The summed E-state index contributed by atoms with van der Waals surface area (Å²) >= 11 is 0. The largest absolute Gasteiger partial charge is 0.354 e. The first-order chi connectivity index (χ1) is 7.72. The van der Waals surface area contributed by atoms with Crippen molar-refractivity contribution in [2.45, 2.75) is 13.8 Å². The quantitative estimate of drug-likeness (QED) is 0.768. The summed E-state index contributed by atoms with van der Waals surface area (Å²) in [6.07, 6.45) is 1.66. The van der Waals surface area contributed by atoms with E-state index in [0.29, 0.717) is 17.9 Å². The third kappa shape index (κ3) is 2.71. The molecule has 0 N–H and O–H groups in total. The number of hydrogen-bond donors (Lipinski definition) is 0. The van der Waals surface area contributed by atoms with Crippen molar-refractivity contribution in [3.05, 3.63) is 23.9 Å². The van der Waals surface area contributed by atoms with Gasteiger partial charge in [0.05, 0.1) is 17.6 Å². The van der Waals surface area contributed by atoms with Gasteiger partial charge in [0, 0.05) is 19.3 Å². The normalized spacial score (nSPS) is 11.2. The minimum atomic E-state index is -0.0755. The molecule has 82 valence electrons. The second-order valence-corrected chi connectivity index (χ2v) is 3.56. The monoisotopic (exact) mass is 214 g/mol. The molecule has 0 saturated carbocycles. The summed E-state index contributed by atoms with van der Waals surface area (Å²) in [5.74, 6) is 0.586. The molecule has 1 rings (SSSR count). The van der Waals surface area contributed by atoms with Crippen LogP contribution in [-0.4, -0.2) is 18.1 Å². The Morgan fingerprint density at radius 2 is 2.25 bits per heavy atom. The van der Waals surface area contributed by atoms with E-state index >= 15 is 0 Å². The second-order valence-electron chi connectivity index (χ2n) is 3.56. The lowest BCUT2D eigenvalue weighted by molar-refractivity contribution is 0.679. The van der Waals surface area contributed by atoms with Crippen molar-refractivity contribution in [1.82, 2.24) is 4.98 Å². The molecule has 0 aromatic carbocycles. The zero-order valence-corrected chi connectivity index (χ0v) is 9.51. The van der Waals surface area contributed by atoms with Crippen LogP contribution in [0.2, 0.25) is 0 Å². The van der Waals surface area contributed by atoms with Crippen molar-refractivity contribution in [3.8, 4) is 12.1 Å². The number of nitrogens with zero attached hydrogens (tertiary/aromatic N) is 4. The number of pyridine rings is 1. The molecule has 1 atom stereocenters. The molecule has 1 unspecified atom stereocenters. The van der Waals surface area contributed by atoms with Gasteiger partial charge in [-0.25, -0.2) is 4.98 Å². The Balaban J connectivity index is 2.96. The Hall–Kier alpha value is -2.07. The molecular formula is C12H14N4. The van der Waals surface area contributed by atoms with Crippen molar-refractivity contribution in [2.24, 2.45) is 5.92 Å². The number of hydrogen-bond acceptors (Lipinski definition) is 4. The van der Waals surface area contributed by atoms with Gasteiger partial charge in [0.25, 0.3) is 0 Å². The first kappa shape index (κ1) is 12.0. The SMILES string of the molecule is CCN(CC(C)C#N)c1ncccc1C#N. The Kier molecular flexibility index (Phi) is 4.29. The van der Waals surface area contributed by atoms with E-state index in [0.717, 1.165) is 6.54 Å². The molecule has 0 amide bonds. The van der Waals surface area contributed by atoms with E-state index in [1.54, 1.807) is 18.3 Å². The Bertz CT molecular complexity index is 427. The maximum Gasteiger partial charge on any atom is 0.146 e. The van der Waals surface area contributed by atoms with Crippen molar-refractivity contribution in [3.63, 3.8) is 0 Å². The molecule has 4 heteroatoms. The summed E-state index contributed by atoms with van der Waals surface area (Å²) in [5.41, 5.74) is 0.550. The van der Waals surface area contributed by atoms with E-state index in [1.165, 1.54) is 0 Å². The summed E-state index contributed by atoms with van der Waals surface area (Å²) in [7, 11) is 0. The average Bonchev–Trinajstić information content (AvgIpc) is 2.35. The van der Waals surface area contributed by atoms with Gasteiger partial charge in [-0.3, -0.25) is 0 Å². The first-order valence-corrected chi connectivity index (χ1v) is 5.22. The molecule has 0 saturated heterocycles. The van der Waals surface area contributed by atoms with E-state index in [2.05, 4.69) is 17.1 Å². The highest BCUT2D eigenvalue weighted by molar-refractivity contribution is 5.53. The van der Waals surface area contributed by atoms with Crippen LogP contribution in [0.15, 0.2) is 18.3 Å². The predicted molar refractivity (Wildman–Crippen MR) is 61.6 cm³/mol. The molecule has 0 aliphatic rings. The van der Waals surface area contributed by atoms with Gasteiger partial charge in [-0.1, -0.05) is 0 Å². The first-order valence-electron chi connectivity index (χ1n) is 5.22. The standard InChI is InChI=1S/C12H14N4/c1-3-16(9-10(2)7-13)12-11(8-14)5-4-6-15-12/h4-6,10H,3,9H2,1-2H3. The van der Waals surface area contributed by atoms with Gasteiger partial charge in [-0.05, 0) is 26.0 Å². The van der Waals surface area contributed by atoms with Crippen molar-refractivity contribution in [2.75, 3.05) is 18.0 Å². The van der Waals surface area contributed by atoms with Gasteiger partial charge < -0.3 is 4.90 Å². The Morgan fingerprint density at radius 3 is 2.81 bits per heavy atom. The van der Waals surface area contributed by atoms with Crippen LogP contribution in [0.3, 0.4) is 0 Å².